The van der Waals surface area contributed by atoms with Gasteiger partial charge >= 0.3 is 6.01 Å². The summed E-state index contributed by atoms with van der Waals surface area (Å²) in [5.41, 5.74) is 0.154. The molecule has 0 atom stereocenters. The molecule has 5 nitrogen and oxygen atoms in total. The van der Waals surface area contributed by atoms with Gasteiger partial charge in [-0.05, 0) is 35.0 Å². The van der Waals surface area contributed by atoms with Crippen LogP contribution in [0.15, 0.2) is 27.2 Å². The van der Waals surface area contributed by atoms with Crippen molar-refractivity contribution >= 4 is 27.9 Å². The summed E-state index contributed by atoms with van der Waals surface area (Å²) in [4.78, 5) is 15.6. The third-order valence-electron chi connectivity index (χ3n) is 1.94. The molecule has 17 heavy (non-hydrogen) atoms. The average Bonchev–Trinajstić information content (AvgIpc) is 2.68. The number of hydrogen-bond donors (Lipinski definition) is 1. The van der Waals surface area contributed by atoms with Crippen LogP contribution in [0.4, 0.5) is 10.4 Å². The van der Waals surface area contributed by atoms with Crippen molar-refractivity contribution in [3.8, 4) is 0 Å². The van der Waals surface area contributed by atoms with E-state index < -0.39 is 11.7 Å². The van der Waals surface area contributed by atoms with Crippen molar-refractivity contribution < 1.29 is 13.7 Å². The van der Waals surface area contributed by atoms with E-state index in [1.54, 1.807) is 6.92 Å². The maximum absolute atomic E-state index is 13.2. The Morgan fingerprint density at radius 3 is 2.94 bits per heavy atom. The molecule has 0 aliphatic carbocycles. The molecule has 1 amide bonds. The van der Waals surface area contributed by atoms with Gasteiger partial charge in [-0.3, -0.25) is 10.1 Å². The first-order valence-corrected chi connectivity index (χ1v) is 5.43. The Kier molecular flexibility index (Phi) is 3.19. The summed E-state index contributed by atoms with van der Waals surface area (Å²) in [7, 11) is 0. The second-order valence-corrected chi connectivity index (χ2v) is 4.00. The van der Waals surface area contributed by atoms with Gasteiger partial charge in [-0.2, -0.15) is 4.98 Å². The number of aromatic nitrogens is 2. The predicted molar refractivity (Wildman–Crippen MR) is 61.1 cm³/mol. The Balaban J connectivity index is 2.23. The Bertz CT molecular complexity index is 570. The van der Waals surface area contributed by atoms with E-state index in [2.05, 4.69) is 31.4 Å². The number of carbonyl (C=O) groups is 1. The van der Waals surface area contributed by atoms with E-state index in [9.17, 15) is 9.18 Å². The molecule has 0 saturated carbocycles. The number of benzene rings is 1. The van der Waals surface area contributed by atoms with Crippen molar-refractivity contribution in [2.75, 3.05) is 5.32 Å². The van der Waals surface area contributed by atoms with Gasteiger partial charge in [0.05, 0.1) is 10.0 Å². The van der Waals surface area contributed by atoms with Gasteiger partial charge < -0.3 is 4.52 Å². The summed E-state index contributed by atoms with van der Waals surface area (Å²) in [5.74, 6) is -0.641. The molecular formula is C10H7BrFN3O2. The van der Waals surface area contributed by atoms with Crippen LogP contribution < -0.4 is 5.32 Å². The molecular weight excluding hydrogens is 293 g/mol. The van der Waals surface area contributed by atoms with Crippen LogP contribution in [0, 0.1) is 12.7 Å². The van der Waals surface area contributed by atoms with E-state index in [4.69, 9.17) is 4.52 Å². The topological polar surface area (TPSA) is 68.0 Å². The maximum Gasteiger partial charge on any atom is 0.328 e. The minimum atomic E-state index is -0.528. The van der Waals surface area contributed by atoms with Gasteiger partial charge in [0.2, 0.25) is 0 Å². The monoisotopic (exact) mass is 299 g/mol. The lowest BCUT2D eigenvalue weighted by Crippen LogP contribution is -2.13. The second kappa shape index (κ2) is 4.62. The van der Waals surface area contributed by atoms with Crippen LogP contribution in [-0.2, 0) is 0 Å². The third-order valence-corrected chi connectivity index (χ3v) is 2.75. The first-order valence-electron chi connectivity index (χ1n) is 4.63. The SMILES string of the molecule is Cc1noc(NC(=O)c2cccc(F)c2Br)n1. The highest BCUT2D eigenvalue weighted by Gasteiger charge is 2.15. The Labute approximate surface area is 104 Å². The fraction of sp³-hybridized carbons (Fsp3) is 0.100. The molecule has 0 unspecified atom stereocenters. The maximum atomic E-state index is 13.2. The molecule has 0 spiro atoms. The van der Waals surface area contributed by atoms with Crippen molar-refractivity contribution in [3.63, 3.8) is 0 Å². The molecule has 2 rings (SSSR count). The molecule has 1 N–H and O–H groups in total. The molecule has 88 valence electrons. The van der Waals surface area contributed by atoms with Crippen molar-refractivity contribution in [1.82, 2.24) is 10.1 Å². The highest BCUT2D eigenvalue weighted by molar-refractivity contribution is 9.10. The Morgan fingerprint density at radius 2 is 2.29 bits per heavy atom. The molecule has 1 aromatic heterocycles. The molecule has 1 heterocycles. The molecule has 0 fully saturated rings. The summed E-state index contributed by atoms with van der Waals surface area (Å²) in [6.45, 7) is 1.62. The Hall–Kier alpha value is -1.76. The number of hydrogen-bond acceptors (Lipinski definition) is 4. The van der Waals surface area contributed by atoms with E-state index in [0.717, 1.165) is 0 Å². The van der Waals surface area contributed by atoms with Gasteiger partial charge in [0.15, 0.2) is 5.82 Å². The summed E-state index contributed by atoms with van der Waals surface area (Å²) in [6, 6.07) is 4.14. The highest BCUT2D eigenvalue weighted by Crippen LogP contribution is 2.21. The second-order valence-electron chi connectivity index (χ2n) is 3.20. The van der Waals surface area contributed by atoms with Crippen molar-refractivity contribution in [1.29, 1.82) is 0 Å². The zero-order valence-corrected chi connectivity index (χ0v) is 10.3. The number of amides is 1. The largest absolute Gasteiger partial charge is 0.328 e. The van der Waals surface area contributed by atoms with E-state index in [1.807, 2.05) is 0 Å². The van der Waals surface area contributed by atoms with Gasteiger partial charge in [-0.1, -0.05) is 11.2 Å². The number of carbonyl (C=O) groups excluding carboxylic acids is 1. The summed E-state index contributed by atoms with van der Waals surface area (Å²) in [5, 5.41) is 5.89. The molecule has 0 aliphatic rings. The molecule has 0 saturated heterocycles. The van der Waals surface area contributed by atoms with Crippen LogP contribution in [-0.4, -0.2) is 16.0 Å². The van der Waals surface area contributed by atoms with Crippen LogP contribution in [0.5, 0.6) is 0 Å². The minimum Gasteiger partial charge on any atom is -0.315 e. The number of nitrogens with zero attached hydrogens (tertiary/aromatic N) is 2. The third kappa shape index (κ3) is 2.50. The van der Waals surface area contributed by atoms with Crippen LogP contribution in [0.2, 0.25) is 0 Å². The zero-order chi connectivity index (χ0) is 12.4. The van der Waals surface area contributed by atoms with E-state index in [-0.39, 0.29) is 16.1 Å². The van der Waals surface area contributed by atoms with Crippen molar-refractivity contribution in [2.24, 2.45) is 0 Å². The van der Waals surface area contributed by atoms with E-state index >= 15 is 0 Å². The first kappa shape index (κ1) is 11.7. The lowest BCUT2D eigenvalue weighted by Gasteiger charge is -2.03. The fourth-order valence-electron chi connectivity index (χ4n) is 1.19. The van der Waals surface area contributed by atoms with Crippen LogP contribution in [0.25, 0.3) is 0 Å². The van der Waals surface area contributed by atoms with E-state index in [1.165, 1.54) is 18.2 Å². The number of aryl methyl sites for hydroxylation is 1. The molecule has 1 aromatic carbocycles. The standard InChI is InChI=1S/C10H7BrFN3O2/c1-5-13-10(17-15-5)14-9(16)6-3-2-4-7(12)8(6)11/h2-4H,1H3,(H,13,14,15,16). The Morgan fingerprint density at radius 1 is 1.53 bits per heavy atom. The lowest BCUT2D eigenvalue weighted by molar-refractivity contribution is 0.102. The highest BCUT2D eigenvalue weighted by atomic mass is 79.9. The van der Waals surface area contributed by atoms with Crippen LogP contribution in [0.3, 0.4) is 0 Å². The lowest BCUT2D eigenvalue weighted by atomic mass is 10.2. The smallest absolute Gasteiger partial charge is 0.315 e. The van der Waals surface area contributed by atoms with Crippen molar-refractivity contribution in [3.05, 3.63) is 39.9 Å². The molecule has 0 aliphatic heterocycles. The van der Waals surface area contributed by atoms with Gasteiger partial charge in [0.25, 0.3) is 5.91 Å². The fourth-order valence-corrected chi connectivity index (χ4v) is 1.64. The normalized spacial score (nSPS) is 10.3. The number of rotatable bonds is 2. The quantitative estimate of drug-likeness (QED) is 0.925. The molecule has 2 aromatic rings. The van der Waals surface area contributed by atoms with E-state index in [0.29, 0.717) is 5.82 Å². The molecule has 0 bridgehead atoms. The summed E-state index contributed by atoms with van der Waals surface area (Å²) in [6.07, 6.45) is 0. The number of nitrogens with one attached hydrogen (secondary N) is 1. The molecule has 7 heteroatoms. The summed E-state index contributed by atoms with van der Waals surface area (Å²) >= 11 is 3.00. The molecule has 0 radical (unpaired) electrons. The van der Waals surface area contributed by atoms with Crippen molar-refractivity contribution in [2.45, 2.75) is 6.92 Å². The average molecular weight is 300 g/mol. The predicted octanol–water partition coefficient (Wildman–Crippen LogP) is 2.53. The van der Waals surface area contributed by atoms with Gasteiger partial charge in [0, 0.05) is 0 Å². The van der Waals surface area contributed by atoms with Gasteiger partial charge in [0.1, 0.15) is 5.82 Å². The first-order chi connectivity index (χ1) is 8.08. The summed E-state index contributed by atoms with van der Waals surface area (Å²) < 4.78 is 18.0. The van der Waals surface area contributed by atoms with Crippen LogP contribution >= 0.6 is 15.9 Å². The zero-order valence-electron chi connectivity index (χ0n) is 8.70. The minimum absolute atomic E-state index is 0.0244. The van der Waals surface area contributed by atoms with Gasteiger partial charge in [-0.15, -0.1) is 0 Å². The van der Waals surface area contributed by atoms with Crippen LogP contribution in [0.1, 0.15) is 16.2 Å². The number of halogens is 2. The van der Waals surface area contributed by atoms with Gasteiger partial charge in [-0.25, -0.2) is 4.39 Å². The number of anilines is 1.